The molecule has 1 atom stereocenters. The van der Waals surface area contributed by atoms with Gasteiger partial charge in [-0.25, -0.2) is 12.8 Å². The molecule has 4 rings (SSSR count). The van der Waals surface area contributed by atoms with Crippen LogP contribution < -0.4 is 14.8 Å². The fraction of sp³-hybridized carbons (Fsp3) is 0.320. The Morgan fingerprint density at radius 1 is 1.26 bits per heavy atom. The number of halogens is 2. The van der Waals surface area contributed by atoms with Gasteiger partial charge in [-0.15, -0.1) is 11.3 Å². The fourth-order valence-corrected chi connectivity index (χ4v) is 6.50. The van der Waals surface area contributed by atoms with Gasteiger partial charge in [0.2, 0.25) is 15.9 Å². The number of nitrogens with zero attached hydrogens (tertiary/aromatic N) is 2. The van der Waals surface area contributed by atoms with Gasteiger partial charge in [0, 0.05) is 31.4 Å². The molecular formula is C25H26ClFN4O6S2. The molecule has 208 valence electrons. The number of benzene rings is 1. The first-order chi connectivity index (χ1) is 18.6. The number of likely N-dealkylation sites (tertiary alicyclic amines) is 1. The normalized spacial score (nSPS) is 15.1. The Hall–Kier alpha value is -3.10. The number of hydrogen-bond acceptors (Lipinski definition) is 8. The van der Waals surface area contributed by atoms with Crippen LogP contribution in [-0.4, -0.2) is 74.1 Å². The number of hydrogen-bond donors (Lipinski definition) is 3. The summed E-state index contributed by atoms with van der Waals surface area (Å²) in [5.41, 5.74) is 0.390. The zero-order valence-corrected chi connectivity index (χ0v) is 23.2. The van der Waals surface area contributed by atoms with Crippen LogP contribution in [0.15, 0.2) is 53.6 Å². The molecule has 0 spiro atoms. The summed E-state index contributed by atoms with van der Waals surface area (Å²) in [6.07, 6.45) is 1.57. The van der Waals surface area contributed by atoms with Crippen molar-refractivity contribution in [2.45, 2.75) is 29.9 Å². The smallest absolute Gasteiger partial charge is 0.261 e. The summed E-state index contributed by atoms with van der Waals surface area (Å²) in [4.78, 5) is 31.3. The van der Waals surface area contributed by atoms with Crippen molar-refractivity contribution in [3.8, 4) is 17.0 Å². The molecule has 2 amide bonds. The van der Waals surface area contributed by atoms with Crippen molar-refractivity contribution in [1.82, 2.24) is 19.9 Å². The minimum absolute atomic E-state index is 0.106. The highest BCUT2D eigenvalue weighted by Crippen LogP contribution is 2.36. The first-order valence-corrected chi connectivity index (χ1v) is 14.6. The third kappa shape index (κ3) is 6.92. The van der Waals surface area contributed by atoms with Crippen LogP contribution in [0.3, 0.4) is 0 Å². The zero-order chi connectivity index (χ0) is 28.2. The summed E-state index contributed by atoms with van der Waals surface area (Å²) in [6.45, 7) is 0.0236. The molecule has 14 heteroatoms. The third-order valence-corrected chi connectivity index (χ3v) is 8.80. The molecule has 1 aromatic carbocycles. The number of amides is 2. The summed E-state index contributed by atoms with van der Waals surface area (Å²) in [7, 11) is -3.32. The molecule has 1 fully saturated rings. The van der Waals surface area contributed by atoms with Gasteiger partial charge in [-0.05, 0) is 49.2 Å². The average Bonchev–Trinajstić information content (AvgIpc) is 3.37. The summed E-state index contributed by atoms with van der Waals surface area (Å²) in [5.74, 6) is -2.16. The Bertz CT molecular complexity index is 1450. The quantitative estimate of drug-likeness (QED) is 0.345. The summed E-state index contributed by atoms with van der Waals surface area (Å²) < 4.78 is 50.0. The van der Waals surface area contributed by atoms with Gasteiger partial charge >= 0.3 is 0 Å². The Morgan fingerprint density at radius 2 is 2.00 bits per heavy atom. The lowest BCUT2D eigenvalue weighted by molar-refractivity contribution is -0.134. The van der Waals surface area contributed by atoms with Crippen molar-refractivity contribution >= 4 is 44.8 Å². The lowest BCUT2D eigenvalue weighted by Crippen LogP contribution is -2.55. The second-order valence-corrected chi connectivity index (χ2v) is 12.1. The molecule has 1 saturated heterocycles. The maximum Gasteiger partial charge on any atom is 0.261 e. The van der Waals surface area contributed by atoms with Crippen LogP contribution >= 0.6 is 22.9 Å². The first-order valence-electron chi connectivity index (χ1n) is 11.9. The molecular weight excluding hydrogens is 571 g/mol. The number of carbonyl (C=O) groups is 2. The maximum atomic E-state index is 14.7. The first kappa shape index (κ1) is 28.9. The van der Waals surface area contributed by atoms with Gasteiger partial charge in [-0.1, -0.05) is 17.7 Å². The van der Waals surface area contributed by atoms with E-state index in [-0.39, 0.29) is 35.0 Å². The number of aliphatic hydroxyl groups is 1. The predicted octanol–water partition coefficient (Wildman–Crippen LogP) is 2.67. The number of aliphatic hydroxyl groups excluding tert-OH is 1. The lowest BCUT2D eigenvalue weighted by atomic mass is 10.1. The van der Waals surface area contributed by atoms with E-state index in [1.54, 1.807) is 24.3 Å². The number of aromatic nitrogens is 1. The number of ether oxygens (including phenoxy) is 1. The average molecular weight is 597 g/mol. The molecule has 39 heavy (non-hydrogen) atoms. The Labute approximate surface area is 233 Å². The van der Waals surface area contributed by atoms with Crippen LogP contribution in [0, 0.1) is 5.82 Å². The van der Waals surface area contributed by atoms with E-state index in [1.807, 2.05) is 0 Å². The Morgan fingerprint density at radius 3 is 2.62 bits per heavy atom. The van der Waals surface area contributed by atoms with E-state index >= 15 is 0 Å². The van der Waals surface area contributed by atoms with Gasteiger partial charge in [0.15, 0.2) is 0 Å². The van der Waals surface area contributed by atoms with Gasteiger partial charge in [0.05, 0.1) is 28.1 Å². The van der Waals surface area contributed by atoms with Crippen LogP contribution in [0.4, 0.5) is 4.39 Å². The standard InChI is InChI=1S/C25H26ClFN4O6S2/c1-37-23-17(18-4-2-3-9-28-18)12-15(27)13-21(23)39(35,36)30-19(25(34)31-10-7-16(32)8-11-31)14-29-24(33)20-5-6-22(26)38-20/h2-6,9,12-13,16,19,30,32H,7-8,10-11,14H2,1H3,(H,29,33)/t19-/m0/s1. The van der Waals surface area contributed by atoms with Gasteiger partial charge in [-0.3, -0.25) is 14.6 Å². The molecule has 3 N–H and O–H groups in total. The highest BCUT2D eigenvalue weighted by molar-refractivity contribution is 7.89. The molecule has 2 aromatic heterocycles. The van der Waals surface area contributed by atoms with Crippen LogP contribution in [0.5, 0.6) is 5.75 Å². The van der Waals surface area contributed by atoms with Crippen molar-refractivity contribution in [3.63, 3.8) is 0 Å². The molecule has 0 bridgehead atoms. The van der Waals surface area contributed by atoms with Gasteiger partial charge in [0.1, 0.15) is 22.5 Å². The molecule has 1 aliphatic rings. The van der Waals surface area contributed by atoms with E-state index in [0.717, 1.165) is 23.5 Å². The fourth-order valence-electron chi connectivity index (χ4n) is 4.15. The Balaban J connectivity index is 1.65. The van der Waals surface area contributed by atoms with Crippen LogP contribution in [0.1, 0.15) is 22.5 Å². The van der Waals surface area contributed by atoms with Crippen LogP contribution in [0.25, 0.3) is 11.3 Å². The number of thiophene rings is 1. The van der Waals surface area contributed by atoms with Crippen LogP contribution in [0.2, 0.25) is 4.34 Å². The molecule has 0 saturated carbocycles. The lowest BCUT2D eigenvalue weighted by Gasteiger charge is -2.32. The molecule has 3 heterocycles. The number of sulfonamides is 1. The minimum Gasteiger partial charge on any atom is -0.495 e. The number of pyridine rings is 1. The number of rotatable bonds is 9. The maximum absolute atomic E-state index is 14.7. The van der Waals surface area contributed by atoms with E-state index in [1.165, 1.54) is 24.3 Å². The SMILES string of the molecule is COc1c(-c2ccccn2)cc(F)cc1S(=O)(=O)N[C@@H](CNC(=O)c1ccc(Cl)s1)C(=O)N1CCC(O)CC1. The Kier molecular flexibility index (Phi) is 9.18. The second-order valence-electron chi connectivity index (χ2n) is 8.74. The molecule has 0 radical (unpaired) electrons. The predicted molar refractivity (Wildman–Crippen MR) is 144 cm³/mol. The van der Waals surface area contributed by atoms with Crippen molar-refractivity contribution < 1.29 is 32.2 Å². The van der Waals surface area contributed by atoms with E-state index < -0.39 is 51.2 Å². The monoisotopic (exact) mass is 596 g/mol. The summed E-state index contributed by atoms with van der Waals surface area (Å²) >= 11 is 6.93. The number of nitrogens with one attached hydrogen (secondary N) is 2. The molecule has 10 nitrogen and oxygen atoms in total. The van der Waals surface area contributed by atoms with Crippen LogP contribution in [-0.2, 0) is 14.8 Å². The largest absolute Gasteiger partial charge is 0.495 e. The highest BCUT2D eigenvalue weighted by atomic mass is 35.5. The van der Waals surface area contributed by atoms with Crippen molar-refractivity contribution in [3.05, 3.63) is 63.7 Å². The van der Waals surface area contributed by atoms with Gasteiger partial charge < -0.3 is 20.1 Å². The summed E-state index contributed by atoms with van der Waals surface area (Å²) in [5, 5.41) is 12.4. The van der Waals surface area contributed by atoms with E-state index in [0.29, 0.717) is 17.2 Å². The molecule has 0 unspecified atom stereocenters. The number of methoxy groups -OCH3 is 1. The van der Waals surface area contributed by atoms with Crippen molar-refractivity contribution in [1.29, 1.82) is 0 Å². The zero-order valence-electron chi connectivity index (χ0n) is 20.8. The third-order valence-electron chi connectivity index (χ3n) is 6.09. The van der Waals surface area contributed by atoms with E-state index in [2.05, 4.69) is 15.0 Å². The molecule has 0 aliphatic carbocycles. The topological polar surface area (TPSA) is 138 Å². The van der Waals surface area contributed by atoms with Gasteiger partial charge in [-0.2, -0.15) is 4.72 Å². The van der Waals surface area contributed by atoms with E-state index in [9.17, 15) is 27.5 Å². The number of carbonyl (C=O) groups excluding carboxylic acids is 2. The second kappa shape index (κ2) is 12.4. The van der Waals surface area contributed by atoms with Crippen molar-refractivity contribution in [2.75, 3.05) is 26.7 Å². The van der Waals surface area contributed by atoms with Crippen molar-refractivity contribution in [2.24, 2.45) is 0 Å². The molecule has 1 aliphatic heterocycles. The van der Waals surface area contributed by atoms with Gasteiger partial charge in [0.25, 0.3) is 5.91 Å². The molecule has 3 aromatic rings. The number of piperidine rings is 1. The minimum atomic E-state index is -4.57. The summed E-state index contributed by atoms with van der Waals surface area (Å²) in [6, 6.07) is 8.40. The van der Waals surface area contributed by atoms with E-state index in [4.69, 9.17) is 16.3 Å². The highest BCUT2D eigenvalue weighted by Gasteiger charge is 2.34.